The number of carbonyl (C=O) groups is 1. The highest BCUT2D eigenvalue weighted by molar-refractivity contribution is 5.91. The van der Waals surface area contributed by atoms with Crippen LogP contribution in [0.2, 0.25) is 0 Å². The van der Waals surface area contributed by atoms with E-state index < -0.39 is 0 Å². The maximum atomic E-state index is 12.2. The molecule has 0 spiro atoms. The Hall–Kier alpha value is -1.29. The summed E-state index contributed by atoms with van der Waals surface area (Å²) in [5.41, 5.74) is 0. The van der Waals surface area contributed by atoms with Crippen molar-refractivity contribution >= 4 is 5.91 Å². The summed E-state index contributed by atoms with van der Waals surface area (Å²) in [6.07, 6.45) is 7.41. The molecule has 20 heavy (non-hydrogen) atoms. The molecule has 4 heteroatoms. The molecule has 108 valence electrons. The number of quaternary nitrogens is 1. The fourth-order valence-corrected chi connectivity index (χ4v) is 4.67. The molecule has 0 unspecified atom stereocenters. The first-order valence-corrected chi connectivity index (χ1v) is 7.98. The van der Waals surface area contributed by atoms with E-state index in [4.69, 9.17) is 4.42 Å². The molecule has 3 fully saturated rings. The van der Waals surface area contributed by atoms with Crippen LogP contribution in [-0.2, 0) is 0 Å². The van der Waals surface area contributed by atoms with Crippen LogP contribution < -0.4 is 4.90 Å². The van der Waals surface area contributed by atoms with Gasteiger partial charge in [0, 0.05) is 12.3 Å². The van der Waals surface area contributed by atoms with E-state index in [1.807, 2.05) is 4.90 Å². The minimum atomic E-state index is 0.0574. The van der Waals surface area contributed by atoms with Crippen molar-refractivity contribution in [1.82, 2.24) is 4.90 Å². The minimum absolute atomic E-state index is 0.0574. The van der Waals surface area contributed by atoms with Gasteiger partial charge in [0.05, 0.1) is 38.5 Å². The van der Waals surface area contributed by atoms with Gasteiger partial charge in [0.2, 0.25) is 0 Å². The van der Waals surface area contributed by atoms with Gasteiger partial charge in [-0.15, -0.1) is 0 Å². The third kappa shape index (κ3) is 2.06. The highest BCUT2D eigenvalue weighted by Gasteiger charge is 2.45. The van der Waals surface area contributed by atoms with Crippen LogP contribution in [0.3, 0.4) is 0 Å². The topological polar surface area (TPSA) is 37.9 Å². The molecule has 2 aliphatic carbocycles. The van der Waals surface area contributed by atoms with Gasteiger partial charge in [-0.25, -0.2) is 0 Å². The van der Waals surface area contributed by atoms with Crippen molar-refractivity contribution in [1.29, 1.82) is 0 Å². The normalized spacial score (nSPS) is 33.8. The van der Waals surface area contributed by atoms with Gasteiger partial charge < -0.3 is 14.2 Å². The van der Waals surface area contributed by atoms with Crippen LogP contribution in [0.15, 0.2) is 22.8 Å². The number of fused-ring (bicyclic) bond motifs is 2. The summed E-state index contributed by atoms with van der Waals surface area (Å²) >= 11 is 0. The Morgan fingerprint density at radius 1 is 1.25 bits per heavy atom. The fourth-order valence-electron chi connectivity index (χ4n) is 4.67. The summed E-state index contributed by atoms with van der Waals surface area (Å²) in [6, 6.07) is 4.43. The van der Waals surface area contributed by atoms with Crippen LogP contribution >= 0.6 is 0 Å². The molecule has 1 aliphatic heterocycles. The van der Waals surface area contributed by atoms with Crippen molar-refractivity contribution in [3.63, 3.8) is 0 Å². The van der Waals surface area contributed by atoms with Crippen LogP contribution in [0.1, 0.15) is 36.2 Å². The number of piperazine rings is 1. The summed E-state index contributed by atoms with van der Waals surface area (Å²) in [5.74, 6) is 2.53. The maximum Gasteiger partial charge on any atom is 0.289 e. The second-order valence-electron chi connectivity index (χ2n) is 6.71. The van der Waals surface area contributed by atoms with Gasteiger partial charge in [-0.2, -0.15) is 0 Å². The van der Waals surface area contributed by atoms with Gasteiger partial charge in [0.1, 0.15) is 0 Å². The lowest BCUT2D eigenvalue weighted by atomic mass is 9.93. The molecule has 4 nitrogen and oxygen atoms in total. The number of amides is 1. The lowest BCUT2D eigenvalue weighted by Crippen LogP contribution is -3.18. The summed E-state index contributed by atoms with van der Waals surface area (Å²) in [5, 5.41) is 0. The third-order valence-corrected chi connectivity index (χ3v) is 5.69. The van der Waals surface area contributed by atoms with E-state index in [1.54, 1.807) is 23.3 Å². The second-order valence-corrected chi connectivity index (χ2v) is 6.71. The fraction of sp³-hybridized carbons (Fsp3) is 0.688. The first kappa shape index (κ1) is 12.5. The van der Waals surface area contributed by atoms with Gasteiger partial charge >= 0.3 is 0 Å². The molecule has 1 aromatic heterocycles. The van der Waals surface area contributed by atoms with Crippen LogP contribution in [0, 0.1) is 11.8 Å². The maximum absolute atomic E-state index is 12.2. The minimum Gasteiger partial charge on any atom is -0.459 e. The molecule has 3 aliphatic rings. The first-order chi connectivity index (χ1) is 9.81. The predicted octanol–water partition coefficient (Wildman–Crippen LogP) is 0.809. The van der Waals surface area contributed by atoms with Gasteiger partial charge in [0.15, 0.2) is 5.76 Å². The number of hydrogen-bond donors (Lipinski definition) is 1. The lowest BCUT2D eigenvalue weighted by molar-refractivity contribution is -0.932. The molecule has 2 heterocycles. The molecule has 1 amide bonds. The van der Waals surface area contributed by atoms with Crippen molar-refractivity contribution in [2.24, 2.45) is 11.8 Å². The van der Waals surface area contributed by atoms with Crippen molar-refractivity contribution < 1.29 is 14.1 Å². The van der Waals surface area contributed by atoms with Crippen LogP contribution in [0.25, 0.3) is 0 Å². The average molecular weight is 275 g/mol. The highest BCUT2D eigenvalue weighted by atomic mass is 16.3. The zero-order chi connectivity index (χ0) is 13.5. The van der Waals surface area contributed by atoms with Crippen molar-refractivity contribution in [3.05, 3.63) is 24.2 Å². The summed E-state index contributed by atoms with van der Waals surface area (Å²) in [6.45, 7) is 3.98. The monoisotopic (exact) mass is 275 g/mol. The van der Waals surface area contributed by atoms with E-state index in [1.165, 1.54) is 25.7 Å². The SMILES string of the molecule is O=C(c1ccco1)N1CC[NH+]([C@@H]2C[C@H]3CC[C@@H]2C3)CC1. The molecule has 2 saturated carbocycles. The Balaban J connectivity index is 1.35. The third-order valence-electron chi connectivity index (χ3n) is 5.69. The quantitative estimate of drug-likeness (QED) is 0.867. The highest BCUT2D eigenvalue weighted by Crippen LogP contribution is 2.43. The van der Waals surface area contributed by atoms with Crippen LogP contribution in [-0.4, -0.2) is 43.0 Å². The van der Waals surface area contributed by atoms with Crippen LogP contribution in [0.4, 0.5) is 0 Å². The average Bonchev–Trinajstić information content (AvgIpc) is 3.23. The Kier molecular flexibility index (Phi) is 3.06. The van der Waals surface area contributed by atoms with Crippen molar-refractivity contribution in [2.75, 3.05) is 26.2 Å². The number of nitrogens with one attached hydrogen (secondary N) is 1. The second kappa shape index (κ2) is 4.92. The summed E-state index contributed by atoms with van der Waals surface area (Å²) < 4.78 is 5.22. The number of carbonyl (C=O) groups excluding carboxylic acids is 1. The smallest absolute Gasteiger partial charge is 0.289 e. The lowest BCUT2D eigenvalue weighted by Gasteiger charge is -2.38. The largest absolute Gasteiger partial charge is 0.459 e. The van der Waals surface area contributed by atoms with Crippen LogP contribution in [0.5, 0.6) is 0 Å². The number of furan rings is 1. The Morgan fingerprint density at radius 3 is 2.70 bits per heavy atom. The van der Waals surface area contributed by atoms with Gasteiger partial charge in [-0.05, 0) is 37.3 Å². The zero-order valence-electron chi connectivity index (χ0n) is 11.9. The number of rotatable bonds is 2. The van der Waals surface area contributed by atoms with Gasteiger partial charge in [0.25, 0.3) is 5.91 Å². The van der Waals surface area contributed by atoms with Crippen molar-refractivity contribution in [2.45, 2.75) is 31.7 Å². The first-order valence-electron chi connectivity index (χ1n) is 7.98. The molecule has 0 aromatic carbocycles. The van der Waals surface area contributed by atoms with E-state index in [9.17, 15) is 4.79 Å². The van der Waals surface area contributed by atoms with E-state index in [2.05, 4.69) is 0 Å². The molecular formula is C16H23N2O2+. The van der Waals surface area contributed by atoms with E-state index in [-0.39, 0.29) is 5.91 Å². The Labute approximate surface area is 119 Å². The summed E-state index contributed by atoms with van der Waals surface area (Å²) in [7, 11) is 0. The molecular weight excluding hydrogens is 252 g/mol. The zero-order valence-corrected chi connectivity index (χ0v) is 11.9. The number of hydrogen-bond acceptors (Lipinski definition) is 2. The molecule has 0 radical (unpaired) electrons. The number of nitrogens with zero attached hydrogens (tertiary/aromatic N) is 1. The molecule has 1 N–H and O–H groups in total. The van der Waals surface area contributed by atoms with E-state index in [0.29, 0.717) is 5.76 Å². The molecule has 1 saturated heterocycles. The van der Waals surface area contributed by atoms with E-state index in [0.717, 1.165) is 44.1 Å². The van der Waals surface area contributed by atoms with E-state index >= 15 is 0 Å². The summed E-state index contributed by atoms with van der Waals surface area (Å²) in [4.78, 5) is 15.9. The predicted molar refractivity (Wildman–Crippen MR) is 74.5 cm³/mol. The Morgan fingerprint density at radius 2 is 2.10 bits per heavy atom. The molecule has 4 rings (SSSR count). The van der Waals surface area contributed by atoms with Crippen molar-refractivity contribution in [3.8, 4) is 0 Å². The molecule has 1 aromatic rings. The molecule has 3 atom stereocenters. The van der Waals surface area contributed by atoms with Gasteiger partial charge in [-0.3, -0.25) is 4.79 Å². The molecule has 2 bridgehead atoms. The van der Waals surface area contributed by atoms with Gasteiger partial charge in [-0.1, -0.05) is 0 Å². The standard InChI is InChI=1S/C16H22N2O2/c19-16(15-2-1-9-20-15)18-7-5-17(6-8-18)14-11-12-3-4-13(14)10-12/h1-2,9,12-14H,3-8,10-11H2/p+1/t12-,13+,14+/m0/s1. The Bertz CT molecular complexity index is 477.